The van der Waals surface area contributed by atoms with Crippen LogP contribution in [0.5, 0.6) is 0 Å². The van der Waals surface area contributed by atoms with Crippen molar-refractivity contribution in [2.45, 2.75) is 25.3 Å². The molecule has 2 rings (SSSR count). The molecule has 1 aromatic rings. The van der Waals surface area contributed by atoms with Gasteiger partial charge in [-0.1, -0.05) is 23.7 Å². The highest BCUT2D eigenvalue weighted by Crippen LogP contribution is 2.27. The number of piperidine rings is 1. The third-order valence-corrected chi connectivity index (χ3v) is 3.83. The van der Waals surface area contributed by atoms with E-state index in [0.29, 0.717) is 13.0 Å². The van der Waals surface area contributed by atoms with Gasteiger partial charge in [0.2, 0.25) is 5.91 Å². The zero-order valence-corrected chi connectivity index (χ0v) is 12.5. The fourth-order valence-electron chi connectivity index (χ4n) is 2.52. The summed E-state index contributed by atoms with van der Waals surface area (Å²) in [7, 11) is 1.60. The number of hydrogen-bond donors (Lipinski definition) is 1. The van der Waals surface area contributed by atoms with E-state index in [4.69, 9.17) is 16.3 Å². The minimum absolute atomic E-state index is 0.0536. The van der Waals surface area contributed by atoms with Gasteiger partial charge in [-0.05, 0) is 25.0 Å². The van der Waals surface area contributed by atoms with Crippen molar-refractivity contribution in [1.82, 2.24) is 5.32 Å². The summed E-state index contributed by atoms with van der Waals surface area (Å²) in [5, 5.41) is 3.83. The predicted octanol–water partition coefficient (Wildman–Crippen LogP) is 2.46. The van der Waals surface area contributed by atoms with Crippen molar-refractivity contribution in [3.63, 3.8) is 0 Å². The van der Waals surface area contributed by atoms with Gasteiger partial charge in [0.05, 0.1) is 17.3 Å². The van der Waals surface area contributed by atoms with E-state index in [1.807, 2.05) is 24.3 Å². The molecule has 4 nitrogen and oxygen atoms in total. The lowest BCUT2D eigenvalue weighted by Gasteiger charge is -2.35. The SMILES string of the molecule is COCCC(=O)N[C@@H]1CCCN(c2ccccc2Cl)C1. The normalized spacial score (nSPS) is 18.9. The van der Waals surface area contributed by atoms with Gasteiger partial charge < -0.3 is 15.0 Å². The van der Waals surface area contributed by atoms with Crippen molar-refractivity contribution in [2.24, 2.45) is 0 Å². The summed E-state index contributed by atoms with van der Waals surface area (Å²) in [6.07, 6.45) is 2.49. The molecule has 0 saturated carbocycles. The first-order valence-electron chi connectivity index (χ1n) is 6.98. The topological polar surface area (TPSA) is 41.6 Å². The van der Waals surface area contributed by atoms with E-state index in [1.54, 1.807) is 7.11 Å². The monoisotopic (exact) mass is 296 g/mol. The van der Waals surface area contributed by atoms with Crippen LogP contribution in [0.25, 0.3) is 0 Å². The molecule has 110 valence electrons. The number of ether oxygens (including phenoxy) is 1. The molecule has 0 aliphatic carbocycles. The largest absolute Gasteiger partial charge is 0.384 e. The highest BCUT2D eigenvalue weighted by Gasteiger charge is 2.22. The average Bonchev–Trinajstić information content (AvgIpc) is 2.46. The zero-order valence-electron chi connectivity index (χ0n) is 11.8. The molecule has 1 heterocycles. The summed E-state index contributed by atoms with van der Waals surface area (Å²) < 4.78 is 4.92. The van der Waals surface area contributed by atoms with Gasteiger partial charge in [-0.3, -0.25) is 4.79 Å². The maximum absolute atomic E-state index is 11.7. The van der Waals surface area contributed by atoms with E-state index in [1.165, 1.54) is 0 Å². The van der Waals surface area contributed by atoms with E-state index in [9.17, 15) is 4.79 Å². The van der Waals surface area contributed by atoms with Crippen LogP contribution in [0.4, 0.5) is 5.69 Å². The van der Waals surface area contributed by atoms with Crippen LogP contribution >= 0.6 is 11.6 Å². The average molecular weight is 297 g/mol. The molecule has 1 aliphatic heterocycles. The maximum Gasteiger partial charge on any atom is 0.222 e. The van der Waals surface area contributed by atoms with Gasteiger partial charge in [0.15, 0.2) is 0 Å². The Kier molecular flexibility index (Phi) is 5.68. The van der Waals surface area contributed by atoms with Crippen molar-refractivity contribution < 1.29 is 9.53 Å². The molecule has 0 radical (unpaired) electrons. The molecule has 1 aliphatic rings. The number of nitrogens with zero attached hydrogens (tertiary/aromatic N) is 1. The molecule has 0 aromatic heterocycles. The Balaban J connectivity index is 1.92. The molecular formula is C15H21ClN2O2. The maximum atomic E-state index is 11.7. The highest BCUT2D eigenvalue weighted by atomic mass is 35.5. The second-order valence-corrected chi connectivity index (χ2v) is 5.45. The first-order valence-corrected chi connectivity index (χ1v) is 7.36. The van der Waals surface area contributed by atoms with Crippen LogP contribution in [0.15, 0.2) is 24.3 Å². The summed E-state index contributed by atoms with van der Waals surface area (Å²) in [4.78, 5) is 14.0. The van der Waals surface area contributed by atoms with E-state index in [0.717, 1.165) is 36.6 Å². The fourth-order valence-corrected chi connectivity index (χ4v) is 2.77. The zero-order chi connectivity index (χ0) is 14.4. The number of amides is 1. The molecule has 1 fully saturated rings. The molecule has 1 saturated heterocycles. The Morgan fingerprint density at radius 1 is 1.50 bits per heavy atom. The van der Waals surface area contributed by atoms with Gasteiger partial charge in [0, 0.05) is 32.7 Å². The molecule has 1 aromatic carbocycles. The van der Waals surface area contributed by atoms with Gasteiger partial charge in [0.1, 0.15) is 0 Å². The van der Waals surface area contributed by atoms with Crippen LogP contribution in [0, 0.1) is 0 Å². The lowest BCUT2D eigenvalue weighted by atomic mass is 10.0. The van der Waals surface area contributed by atoms with Crippen LogP contribution in [0.2, 0.25) is 5.02 Å². The number of anilines is 1. The second kappa shape index (κ2) is 7.50. The Morgan fingerprint density at radius 3 is 3.05 bits per heavy atom. The van der Waals surface area contributed by atoms with E-state index < -0.39 is 0 Å². The number of carbonyl (C=O) groups excluding carboxylic acids is 1. The summed E-state index contributed by atoms with van der Waals surface area (Å²) >= 11 is 6.23. The molecular weight excluding hydrogens is 276 g/mol. The van der Waals surface area contributed by atoms with E-state index in [2.05, 4.69) is 10.2 Å². The summed E-state index contributed by atoms with van der Waals surface area (Å²) in [6.45, 7) is 2.25. The number of rotatable bonds is 5. The van der Waals surface area contributed by atoms with Gasteiger partial charge in [0.25, 0.3) is 0 Å². The molecule has 0 spiro atoms. The van der Waals surface area contributed by atoms with E-state index >= 15 is 0 Å². The first-order chi connectivity index (χ1) is 9.70. The number of nitrogens with one attached hydrogen (secondary N) is 1. The number of methoxy groups -OCH3 is 1. The van der Waals surface area contributed by atoms with Crippen LogP contribution in [-0.2, 0) is 9.53 Å². The number of hydrogen-bond acceptors (Lipinski definition) is 3. The third kappa shape index (κ3) is 4.12. The second-order valence-electron chi connectivity index (χ2n) is 5.05. The van der Waals surface area contributed by atoms with Crippen molar-refractivity contribution >= 4 is 23.2 Å². The number of halogens is 1. The van der Waals surface area contributed by atoms with Crippen LogP contribution in [0.1, 0.15) is 19.3 Å². The summed E-state index contributed by atoms with van der Waals surface area (Å²) in [5.74, 6) is 0.0536. The molecule has 1 N–H and O–H groups in total. The van der Waals surface area contributed by atoms with Crippen molar-refractivity contribution in [3.8, 4) is 0 Å². The lowest BCUT2D eigenvalue weighted by Crippen LogP contribution is -2.48. The molecule has 1 atom stereocenters. The number of para-hydroxylation sites is 1. The molecule has 0 unspecified atom stereocenters. The van der Waals surface area contributed by atoms with Gasteiger partial charge in [-0.15, -0.1) is 0 Å². The third-order valence-electron chi connectivity index (χ3n) is 3.51. The Labute approximate surface area is 125 Å². The first kappa shape index (κ1) is 15.1. The van der Waals surface area contributed by atoms with E-state index in [-0.39, 0.29) is 11.9 Å². The lowest BCUT2D eigenvalue weighted by molar-refractivity contribution is -0.122. The Hall–Kier alpha value is -1.26. The molecule has 5 heteroatoms. The minimum Gasteiger partial charge on any atom is -0.384 e. The summed E-state index contributed by atoms with van der Waals surface area (Å²) in [5.41, 5.74) is 1.05. The van der Waals surface area contributed by atoms with Crippen molar-refractivity contribution in [3.05, 3.63) is 29.3 Å². The Bertz CT molecular complexity index is 453. The quantitative estimate of drug-likeness (QED) is 0.907. The van der Waals surface area contributed by atoms with Crippen molar-refractivity contribution in [2.75, 3.05) is 31.7 Å². The number of benzene rings is 1. The predicted molar refractivity (Wildman–Crippen MR) is 81.3 cm³/mol. The van der Waals surface area contributed by atoms with Gasteiger partial charge in [-0.2, -0.15) is 0 Å². The van der Waals surface area contributed by atoms with Crippen LogP contribution < -0.4 is 10.2 Å². The van der Waals surface area contributed by atoms with Crippen LogP contribution in [0.3, 0.4) is 0 Å². The molecule has 20 heavy (non-hydrogen) atoms. The highest BCUT2D eigenvalue weighted by molar-refractivity contribution is 6.33. The molecule has 1 amide bonds. The number of carbonyl (C=O) groups is 1. The molecule has 0 bridgehead atoms. The summed E-state index contributed by atoms with van der Waals surface area (Å²) in [6, 6.07) is 8.03. The van der Waals surface area contributed by atoms with Gasteiger partial charge >= 0.3 is 0 Å². The minimum atomic E-state index is 0.0536. The Morgan fingerprint density at radius 2 is 2.30 bits per heavy atom. The van der Waals surface area contributed by atoms with Gasteiger partial charge in [-0.25, -0.2) is 0 Å². The van der Waals surface area contributed by atoms with Crippen LogP contribution in [-0.4, -0.2) is 38.8 Å². The smallest absolute Gasteiger partial charge is 0.222 e. The fraction of sp³-hybridized carbons (Fsp3) is 0.533. The standard InChI is InChI=1S/C15H21ClN2O2/c1-20-10-8-15(19)17-12-5-4-9-18(11-12)14-7-3-2-6-13(14)16/h2-3,6-7,12H,4-5,8-11H2,1H3,(H,17,19)/t12-/m1/s1. The van der Waals surface area contributed by atoms with Crippen molar-refractivity contribution in [1.29, 1.82) is 0 Å².